The van der Waals surface area contributed by atoms with Gasteiger partial charge in [0, 0.05) is 37.7 Å². The third kappa shape index (κ3) is 6.10. The molecule has 0 radical (unpaired) electrons. The number of carbonyl (C=O) groups excluding carboxylic acids is 3. The molecule has 0 aliphatic rings. The van der Waals surface area contributed by atoms with Crippen LogP contribution in [0.4, 0.5) is 5.69 Å². The minimum absolute atomic E-state index is 0.00335. The van der Waals surface area contributed by atoms with E-state index in [9.17, 15) is 14.4 Å². The molecule has 3 rings (SSSR count). The number of Topliss-reactive ketones (excluding diaryl/α,β-unsaturated/α-hetero) is 1. The number of amides is 2. The highest BCUT2D eigenvalue weighted by molar-refractivity contribution is 6.10. The van der Waals surface area contributed by atoms with Gasteiger partial charge in [0.2, 0.25) is 11.7 Å². The van der Waals surface area contributed by atoms with Crippen LogP contribution in [0, 0.1) is 0 Å². The average molecular weight is 445 g/mol. The number of ketones is 1. The molecule has 0 bridgehead atoms. The van der Waals surface area contributed by atoms with Crippen molar-refractivity contribution in [2.75, 3.05) is 19.0 Å². The van der Waals surface area contributed by atoms with E-state index < -0.39 is 11.7 Å². The van der Waals surface area contributed by atoms with Crippen LogP contribution in [0.2, 0.25) is 0 Å². The Bertz CT molecular complexity index is 1130. The number of hydrogen-bond donors (Lipinski definition) is 0. The van der Waals surface area contributed by atoms with Crippen molar-refractivity contribution in [1.82, 2.24) is 14.9 Å². The fourth-order valence-corrected chi connectivity index (χ4v) is 3.33. The highest BCUT2D eigenvalue weighted by atomic mass is 16.2. The summed E-state index contributed by atoms with van der Waals surface area (Å²) in [7, 11) is 3.35. The van der Waals surface area contributed by atoms with Gasteiger partial charge in [-0.2, -0.15) is 0 Å². The molecule has 7 heteroatoms. The monoisotopic (exact) mass is 444 g/mol. The van der Waals surface area contributed by atoms with Crippen LogP contribution in [0.5, 0.6) is 0 Å². The third-order valence-corrected chi connectivity index (χ3v) is 5.23. The van der Waals surface area contributed by atoms with Crippen molar-refractivity contribution in [1.29, 1.82) is 0 Å². The predicted octanol–water partition coefficient (Wildman–Crippen LogP) is 4.11. The number of benzene rings is 2. The molecular weight excluding hydrogens is 416 g/mol. The summed E-state index contributed by atoms with van der Waals surface area (Å²) in [6.45, 7) is 4.50. The van der Waals surface area contributed by atoms with E-state index >= 15 is 0 Å². The molecule has 2 amide bonds. The van der Waals surface area contributed by atoms with Gasteiger partial charge in [0.05, 0.1) is 13.0 Å². The van der Waals surface area contributed by atoms with Crippen LogP contribution in [0.1, 0.15) is 58.3 Å². The number of anilines is 1. The molecule has 1 aromatic heterocycles. The standard InChI is InChI=1S/C26H28N4O3/c1-18(2)20-11-9-19(10-12-20)17-30(22-8-5-7-21(15-22)26(33)29(3)4)24(32)16-23(31)25-27-13-6-14-28-25/h5-15,18H,16-17H2,1-4H3. The smallest absolute Gasteiger partial charge is 0.253 e. The van der Waals surface area contributed by atoms with Crippen molar-refractivity contribution < 1.29 is 14.4 Å². The first-order valence-corrected chi connectivity index (χ1v) is 10.8. The molecule has 0 unspecified atom stereocenters. The molecule has 0 saturated heterocycles. The Labute approximate surface area is 194 Å². The summed E-state index contributed by atoms with van der Waals surface area (Å²) >= 11 is 0. The second-order valence-electron chi connectivity index (χ2n) is 8.30. The number of nitrogens with zero attached hydrogens (tertiary/aromatic N) is 4. The lowest BCUT2D eigenvalue weighted by Gasteiger charge is -2.24. The van der Waals surface area contributed by atoms with Gasteiger partial charge in [-0.25, -0.2) is 9.97 Å². The average Bonchev–Trinajstić information content (AvgIpc) is 2.82. The maximum atomic E-state index is 13.3. The van der Waals surface area contributed by atoms with Crippen molar-refractivity contribution in [3.63, 3.8) is 0 Å². The Morgan fingerprint density at radius 2 is 1.58 bits per heavy atom. The van der Waals surface area contributed by atoms with Crippen LogP contribution in [-0.4, -0.2) is 46.6 Å². The lowest BCUT2D eigenvalue weighted by molar-refractivity contribution is -0.117. The van der Waals surface area contributed by atoms with Crippen LogP contribution < -0.4 is 4.90 Å². The molecular formula is C26H28N4O3. The predicted molar refractivity (Wildman–Crippen MR) is 127 cm³/mol. The molecule has 33 heavy (non-hydrogen) atoms. The molecule has 3 aromatic rings. The summed E-state index contributed by atoms with van der Waals surface area (Å²) in [5.74, 6) is -0.618. The Morgan fingerprint density at radius 1 is 0.909 bits per heavy atom. The first kappa shape index (κ1) is 23.8. The quantitative estimate of drug-likeness (QED) is 0.386. The fourth-order valence-electron chi connectivity index (χ4n) is 3.33. The summed E-state index contributed by atoms with van der Waals surface area (Å²) < 4.78 is 0. The Balaban J connectivity index is 1.92. The molecule has 170 valence electrons. The zero-order valence-corrected chi connectivity index (χ0v) is 19.4. The molecule has 0 aliphatic carbocycles. The Hall–Kier alpha value is -3.87. The highest BCUT2D eigenvalue weighted by Crippen LogP contribution is 2.22. The van der Waals surface area contributed by atoms with E-state index in [1.165, 1.54) is 27.8 Å². The number of hydrogen-bond acceptors (Lipinski definition) is 5. The zero-order chi connectivity index (χ0) is 24.0. The molecule has 0 N–H and O–H groups in total. The van der Waals surface area contributed by atoms with Gasteiger partial charge in [-0.05, 0) is 41.3 Å². The SMILES string of the molecule is CC(C)c1ccc(CN(C(=O)CC(=O)c2ncccn2)c2cccc(C(=O)N(C)C)c2)cc1. The van der Waals surface area contributed by atoms with Gasteiger partial charge in [0.15, 0.2) is 5.82 Å². The lowest BCUT2D eigenvalue weighted by atomic mass is 10.0. The summed E-state index contributed by atoms with van der Waals surface area (Å²) in [6.07, 6.45) is 2.56. The largest absolute Gasteiger partial charge is 0.345 e. The molecule has 0 atom stereocenters. The maximum Gasteiger partial charge on any atom is 0.253 e. The molecule has 1 heterocycles. The highest BCUT2D eigenvalue weighted by Gasteiger charge is 2.22. The number of rotatable bonds is 8. The van der Waals surface area contributed by atoms with Crippen molar-refractivity contribution >= 4 is 23.3 Å². The van der Waals surface area contributed by atoms with Crippen molar-refractivity contribution in [2.45, 2.75) is 32.7 Å². The summed E-state index contributed by atoms with van der Waals surface area (Å²) in [5, 5.41) is 0. The van der Waals surface area contributed by atoms with Crippen LogP contribution in [0.15, 0.2) is 67.0 Å². The van der Waals surface area contributed by atoms with Crippen LogP contribution >= 0.6 is 0 Å². The Morgan fingerprint density at radius 3 is 2.18 bits per heavy atom. The van der Waals surface area contributed by atoms with Gasteiger partial charge >= 0.3 is 0 Å². The molecule has 2 aromatic carbocycles. The van der Waals surface area contributed by atoms with Gasteiger partial charge in [-0.3, -0.25) is 14.4 Å². The first-order chi connectivity index (χ1) is 15.8. The van der Waals surface area contributed by atoms with Crippen LogP contribution in [0.25, 0.3) is 0 Å². The van der Waals surface area contributed by atoms with Crippen molar-refractivity contribution in [3.8, 4) is 0 Å². The first-order valence-electron chi connectivity index (χ1n) is 10.8. The lowest BCUT2D eigenvalue weighted by Crippen LogP contribution is -2.32. The van der Waals surface area contributed by atoms with E-state index in [0.29, 0.717) is 17.2 Å². The topological polar surface area (TPSA) is 83.5 Å². The van der Waals surface area contributed by atoms with Crippen LogP contribution in [-0.2, 0) is 11.3 Å². The number of carbonyl (C=O) groups is 3. The minimum atomic E-state index is -0.457. The summed E-state index contributed by atoms with van der Waals surface area (Å²) in [6, 6.07) is 16.5. The van der Waals surface area contributed by atoms with Crippen molar-refractivity contribution in [2.24, 2.45) is 0 Å². The molecule has 0 saturated carbocycles. The number of aromatic nitrogens is 2. The second-order valence-corrected chi connectivity index (χ2v) is 8.30. The normalized spacial score (nSPS) is 10.7. The second kappa shape index (κ2) is 10.6. The molecule has 7 nitrogen and oxygen atoms in total. The molecule has 0 aliphatic heterocycles. The zero-order valence-electron chi connectivity index (χ0n) is 19.4. The van der Waals surface area contributed by atoms with E-state index in [-0.39, 0.29) is 24.7 Å². The molecule has 0 spiro atoms. The van der Waals surface area contributed by atoms with E-state index in [1.54, 1.807) is 44.4 Å². The van der Waals surface area contributed by atoms with Crippen LogP contribution in [0.3, 0.4) is 0 Å². The third-order valence-electron chi connectivity index (χ3n) is 5.23. The van der Waals surface area contributed by atoms with E-state index in [2.05, 4.69) is 23.8 Å². The van der Waals surface area contributed by atoms with Gasteiger partial charge in [0.25, 0.3) is 5.91 Å². The maximum absolute atomic E-state index is 13.3. The fraction of sp³-hybridized carbons (Fsp3) is 0.269. The van der Waals surface area contributed by atoms with E-state index in [4.69, 9.17) is 0 Å². The van der Waals surface area contributed by atoms with Gasteiger partial charge in [0.1, 0.15) is 0 Å². The molecule has 0 fully saturated rings. The van der Waals surface area contributed by atoms with Gasteiger partial charge < -0.3 is 9.80 Å². The van der Waals surface area contributed by atoms with Gasteiger partial charge in [-0.1, -0.05) is 44.2 Å². The van der Waals surface area contributed by atoms with E-state index in [0.717, 1.165) is 5.56 Å². The van der Waals surface area contributed by atoms with E-state index in [1.807, 2.05) is 24.3 Å². The minimum Gasteiger partial charge on any atom is -0.345 e. The Kier molecular flexibility index (Phi) is 7.66. The summed E-state index contributed by atoms with van der Waals surface area (Å²) in [5.41, 5.74) is 3.12. The summed E-state index contributed by atoms with van der Waals surface area (Å²) in [4.78, 5) is 49.2. The van der Waals surface area contributed by atoms with Crippen molar-refractivity contribution in [3.05, 3.63) is 89.5 Å². The van der Waals surface area contributed by atoms with Gasteiger partial charge in [-0.15, -0.1) is 0 Å².